The summed E-state index contributed by atoms with van der Waals surface area (Å²) in [6, 6.07) is 24.0. The summed E-state index contributed by atoms with van der Waals surface area (Å²) in [5.74, 6) is 0.712. The summed E-state index contributed by atoms with van der Waals surface area (Å²) in [5, 5.41) is 12.9. The maximum Gasteiger partial charge on any atom is 0.148 e. The lowest BCUT2D eigenvalue weighted by molar-refractivity contribution is -0.130. The first kappa shape index (κ1) is 23.3. The van der Waals surface area contributed by atoms with E-state index in [0.717, 1.165) is 48.0 Å². The van der Waals surface area contributed by atoms with E-state index >= 15 is 0 Å². The maximum absolute atomic E-state index is 12.2. The molecule has 5 heteroatoms. The molecule has 3 aromatic carbocycles. The van der Waals surface area contributed by atoms with Gasteiger partial charge in [-0.2, -0.15) is 0 Å². The molecule has 0 aromatic heterocycles. The van der Waals surface area contributed by atoms with Crippen molar-refractivity contribution in [3.8, 4) is 5.75 Å². The van der Waals surface area contributed by atoms with Crippen molar-refractivity contribution in [1.82, 2.24) is 4.90 Å². The van der Waals surface area contributed by atoms with Gasteiger partial charge in [-0.15, -0.1) is 0 Å². The van der Waals surface area contributed by atoms with Crippen molar-refractivity contribution in [2.24, 2.45) is 0 Å². The van der Waals surface area contributed by atoms with Crippen LogP contribution in [0, 0.1) is 0 Å². The number of hydrogen-bond donors (Lipinski definition) is 1. The van der Waals surface area contributed by atoms with Gasteiger partial charge in [-0.1, -0.05) is 76.4 Å². The first-order valence-electron chi connectivity index (χ1n) is 11.2. The van der Waals surface area contributed by atoms with Crippen molar-refractivity contribution in [3.63, 3.8) is 0 Å². The Morgan fingerprint density at radius 1 is 0.906 bits per heavy atom. The van der Waals surface area contributed by atoms with Gasteiger partial charge in [0.05, 0.1) is 0 Å². The normalized spacial score (nSPS) is 16.5. The average molecular weight is 515 g/mol. The Labute approximate surface area is 204 Å². The monoisotopic (exact) mass is 513 g/mol. The van der Waals surface area contributed by atoms with Gasteiger partial charge >= 0.3 is 0 Å². The number of benzene rings is 3. The van der Waals surface area contributed by atoms with Gasteiger partial charge in [0.15, 0.2) is 0 Å². The van der Waals surface area contributed by atoms with Crippen LogP contribution in [0.25, 0.3) is 0 Å². The molecule has 1 aliphatic heterocycles. The summed E-state index contributed by atoms with van der Waals surface area (Å²) >= 11 is 9.63. The molecule has 0 aliphatic carbocycles. The Hall–Kier alpha value is -1.85. The minimum atomic E-state index is -1.10. The van der Waals surface area contributed by atoms with Crippen molar-refractivity contribution in [1.29, 1.82) is 0 Å². The summed E-state index contributed by atoms with van der Waals surface area (Å²) in [5.41, 5.74) is 1.98. The summed E-state index contributed by atoms with van der Waals surface area (Å²) in [6.07, 6.45) is 4.80. The van der Waals surface area contributed by atoms with Crippen LogP contribution >= 0.6 is 27.5 Å². The van der Waals surface area contributed by atoms with Crippen LogP contribution in [0.5, 0.6) is 5.75 Å². The second-order valence-corrected chi connectivity index (χ2v) is 9.76. The maximum atomic E-state index is 12.2. The predicted molar refractivity (Wildman–Crippen MR) is 134 cm³/mol. The molecule has 1 aliphatic rings. The zero-order chi connectivity index (χ0) is 22.4. The SMILES string of the molecule is OC(CCc1ccccc1)(c1cc(Br)ccc1OCc1ccc(Cl)cc1)N1CCCCC1. The third-order valence-electron chi connectivity index (χ3n) is 6.16. The molecule has 0 spiro atoms. The van der Waals surface area contributed by atoms with Crippen molar-refractivity contribution < 1.29 is 9.84 Å². The molecule has 1 N–H and O–H groups in total. The fraction of sp³-hybridized carbons (Fsp3) is 0.333. The minimum Gasteiger partial charge on any atom is -0.488 e. The third kappa shape index (κ3) is 5.74. The molecule has 32 heavy (non-hydrogen) atoms. The molecule has 1 unspecified atom stereocenters. The van der Waals surface area contributed by atoms with Crippen molar-refractivity contribution in [3.05, 3.63) is 99.0 Å². The number of likely N-dealkylation sites (tertiary alicyclic amines) is 1. The lowest BCUT2D eigenvalue weighted by Gasteiger charge is -2.43. The molecule has 0 saturated carbocycles. The quantitative estimate of drug-likeness (QED) is 0.353. The van der Waals surface area contributed by atoms with E-state index in [2.05, 4.69) is 45.1 Å². The Bertz CT molecular complexity index is 1010. The zero-order valence-electron chi connectivity index (χ0n) is 18.1. The molecule has 1 heterocycles. The standard InChI is InChI=1S/C27H29BrClNO2/c28-23-11-14-26(32-20-22-9-12-24(29)13-10-22)25(19-23)27(31,30-17-5-2-6-18-30)16-15-21-7-3-1-4-8-21/h1,3-4,7-14,19,31H,2,5-6,15-18,20H2. The van der Waals surface area contributed by atoms with Crippen LogP contribution in [0.3, 0.4) is 0 Å². The lowest BCUT2D eigenvalue weighted by atomic mass is 9.91. The molecular weight excluding hydrogens is 486 g/mol. The molecule has 0 bridgehead atoms. The predicted octanol–water partition coefficient (Wildman–Crippen LogP) is 6.95. The molecule has 3 nitrogen and oxygen atoms in total. The van der Waals surface area contributed by atoms with Gasteiger partial charge in [0.1, 0.15) is 18.1 Å². The highest BCUT2D eigenvalue weighted by atomic mass is 79.9. The number of piperidine rings is 1. The molecule has 168 valence electrons. The molecule has 0 radical (unpaired) electrons. The Balaban J connectivity index is 1.64. The Morgan fingerprint density at radius 3 is 2.34 bits per heavy atom. The smallest absolute Gasteiger partial charge is 0.148 e. The van der Waals surface area contributed by atoms with Crippen LogP contribution in [-0.4, -0.2) is 23.1 Å². The van der Waals surface area contributed by atoms with E-state index in [-0.39, 0.29) is 0 Å². The van der Waals surface area contributed by atoms with E-state index in [1.165, 1.54) is 12.0 Å². The number of halogens is 2. The van der Waals surface area contributed by atoms with Crippen molar-refractivity contribution >= 4 is 27.5 Å². The molecule has 1 atom stereocenters. The van der Waals surface area contributed by atoms with Crippen LogP contribution in [0.1, 0.15) is 42.4 Å². The third-order valence-corrected chi connectivity index (χ3v) is 6.91. The number of nitrogens with zero attached hydrogens (tertiary/aromatic N) is 1. The van der Waals surface area contributed by atoms with E-state index in [1.54, 1.807) is 0 Å². The average Bonchev–Trinajstić information content (AvgIpc) is 2.84. The summed E-state index contributed by atoms with van der Waals surface area (Å²) in [6.45, 7) is 2.18. The Kier molecular flexibility index (Phi) is 7.90. The van der Waals surface area contributed by atoms with Gasteiger partial charge in [0.2, 0.25) is 0 Å². The second-order valence-electron chi connectivity index (χ2n) is 8.41. The number of hydrogen-bond acceptors (Lipinski definition) is 3. The van der Waals surface area contributed by atoms with Gasteiger partial charge in [-0.05, 0) is 67.1 Å². The highest BCUT2D eigenvalue weighted by molar-refractivity contribution is 9.10. The van der Waals surface area contributed by atoms with Crippen molar-refractivity contribution in [2.75, 3.05) is 13.1 Å². The molecule has 0 amide bonds. The van der Waals surface area contributed by atoms with Crippen LogP contribution in [0.2, 0.25) is 5.02 Å². The van der Waals surface area contributed by atoms with E-state index < -0.39 is 5.72 Å². The van der Waals surface area contributed by atoms with Gasteiger partial charge in [0, 0.05) is 28.1 Å². The van der Waals surface area contributed by atoms with E-state index in [9.17, 15) is 5.11 Å². The topological polar surface area (TPSA) is 32.7 Å². The number of aliphatic hydroxyl groups is 1. The van der Waals surface area contributed by atoms with E-state index in [4.69, 9.17) is 16.3 Å². The summed E-state index contributed by atoms with van der Waals surface area (Å²) < 4.78 is 7.19. The summed E-state index contributed by atoms with van der Waals surface area (Å²) in [7, 11) is 0. The van der Waals surface area contributed by atoms with E-state index in [0.29, 0.717) is 23.8 Å². The van der Waals surface area contributed by atoms with Gasteiger partial charge in [-0.25, -0.2) is 0 Å². The molecule has 1 fully saturated rings. The fourth-order valence-electron chi connectivity index (χ4n) is 4.37. The highest BCUT2D eigenvalue weighted by Gasteiger charge is 2.39. The van der Waals surface area contributed by atoms with Gasteiger partial charge < -0.3 is 9.84 Å². The number of rotatable bonds is 8. The summed E-state index contributed by atoms with van der Waals surface area (Å²) in [4.78, 5) is 2.23. The molecular formula is C27H29BrClNO2. The van der Waals surface area contributed by atoms with E-state index in [1.807, 2.05) is 48.5 Å². The lowest BCUT2D eigenvalue weighted by Crippen LogP contribution is -2.49. The molecule has 1 saturated heterocycles. The van der Waals surface area contributed by atoms with Gasteiger partial charge in [-0.3, -0.25) is 4.90 Å². The van der Waals surface area contributed by atoms with Crippen LogP contribution < -0.4 is 4.74 Å². The number of ether oxygens (including phenoxy) is 1. The number of aryl methyl sites for hydroxylation is 1. The second kappa shape index (κ2) is 10.8. The largest absolute Gasteiger partial charge is 0.488 e. The Morgan fingerprint density at radius 2 is 1.62 bits per heavy atom. The first-order valence-corrected chi connectivity index (χ1v) is 12.4. The fourth-order valence-corrected chi connectivity index (χ4v) is 4.86. The van der Waals surface area contributed by atoms with Gasteiger partial charge in [0.25, 0.3) is 0 Å². The minimum absolute atomic E-state index is 0.417. The zero-order valence-corrected chi connectivity index (χ0v) is 20.5. The first-order chi connectivity index (χ1) is 15.5. The van der Waals surface area contributed by atoms with Crippen LogP contribution in [0.15, 0.2) is 77.3 Å². The van der Waals surface area contributed by atoms with Crippen molar-refractivity contribution in [2.45, 2.75) is 44.4 Å². The highest BCUT2D eigenvalue weighted by Crippen LogP contribution is 2.40. The van der Waals surface area contributed by atoms with Crippen LogP contribution in [0.4, 0.5) is 0 Å². The molecule has 4 rings (SSSR count). The van der Waals surface area contributed by atoms with Crippen LogP contribution in [-0.2, 0) is 18.8 Å². The molecule has 3 aromatic rings.